The summed E-state index contributed by atoms with van der Waals surface area (Å²) < 4.78 is 0. The van der Waals surface area contributed by atoms with Crippen molar-refractivity contribution in [1.29, 1.82) is 0 Å². The number of nitrogens with one attached hydrogen (secondary N) is 1. The zero-order chi connectivity index (χ0) is 13.9. The minimum absolute atomic E-state index is 0.315. The normalized spacial score (nSPS) is 23.8. The van der Waals surface area contributed by atoms with Gasteiger partial charge in [0, 0.05) is 26.2 Å². The van der Waals surface area contributed by atoms with E-state index in [1.165, 1.54) is 0 Å². The Morgan fingerprint density at radius 3 is 2.79 bits per heavy atom. The molecule has 1 aromatic carbocycles. The van der Waals surface area contributed by atoms with Crippen molar-refractivity contribution in [3.05, 3.63) is 35.9 Å². The lowest BCUT2D eigenvalue weighted by molar-refractivity contribution is -0.145. The molecule has 0 radical (unpaired) electrons. The van der Waals surface area contributed by atoms with E-state index < -0.39 is 17.6 Å². The topological polar surface area (TPSA) is 72.8 Å². The summed E-state index contributed by atoms with van der Waals surface area (Å²) >= 11 is 0. The number of rotatable bonds is 4. The number of nitrogens with zero attached hydrogens (tertiary/aromatic N) is 1. The van der Waals surface area contributed by atoms with E-state index in [1.54, 1.807) is 6.92 Å². The maximum atomic E-state index is 11.2. The summed E-state index contributed by atoms with van der Waals surface area (Å²) in [5.74, 6) is -0.851. The van der Waals surface area contributed by atoms with Crippen LogP contribution in [0, 0.1) is 0 Å². The second kappa shape index (κ2) is 5.69. The third-order valence-electron chi connectivity index (χ3n) is 3.55. The molecule has 5 nitrogen and oxygen atoms in total. The van der Waals surface area contributed by atoms with Gasteiger partial charge in [-0.1, -0.05) is 30.3 Å². The van der Waals surface area contributed by atoms with Crippen LogP contribution in [0.2, 0.25) is 0 Å². The maximum absolute atomic E-state index is 11.2. The molecule has 1 heterocycles. The van der Waals surface area contributed by atoms with Gasteiger partial charge in [0.15, 0.2) is 0 Å². The van der Waals surface area contributed by atoms with Gasteiger partial charge < -0.3 is 15.5 Å². The molecule has 1 aromatic rings. The van der Waals surface area contributed by atoms with Gasteiger partial charge >= 0.3 is 5.97 Å². The molecule has 1 aliphatic heterocycles. The van der Waals surface area contributed by atoms with Gasteiger partial charge in [0.05, 0.1) is 5.60 Å². The number of hydrogen-bond acceptors (Lipinski definition) is 4. The molecule has 0 aliphatic carbocycles. The molecule has 19 heavy (non-hydrogen) atoms. The van der Waals surface area contributed by atoms with Gasteiger partial charge in [-0.05, 0) is 12.5 Å². The summed E-state index contributed by atoms with van der Waals surface area (Å²) in [4.78, 5) is 13.0. The number of carbonyl (C=O) groups is 1. The van der Waals surface area contributed by atoms with Gasteiger partial charge in [0.2, 0.25) is 0 Å². The number of β-amino-alcohol motifs (C(OH)–C–C–N with tert-alkyl or cyclic N) is 1. The second-order valence-electron chi connectivity index (χ2n) is 5.17. The van der Waals surface area contributed by atoms with Gasteiger partial charge in [-0.3, -0.25) is 9.69 Å². The first-order valence-electron chi connectivity index (χ1n) is 6.46. The van der Waals surface area contributed by atoms with E-state index in [0.717, 1.165) is 12.1 Å². The number of hydrogen-bond donors (Lipinski definition) is 3. The molecule has 104 valence electrons. The number of aliphatic hydroxyl groups is 1. The molecule has 2 unspecified atom stereocenters. The average molecular weight is 264 g/mol. The lowest BCUT2D eigenvalue weighted by atomic mass is 9.94. The third-order valence-corrected chi connectivity index (χ3v) is 3.55. The Kier molecular flexibility index (Phi) is 4.19. The van der Waals surface area contributed by atoms with Crippen LogP contribution in [0.25, 0.3) is 0 Å². The average Bonchev–Trinajstić information content (AvgIpc) is 2.39. The number of carboxylic acids is 1. The van der Waals surface area contributed by atoms with Gasteiger partial charge in [0.25, 0.3) is 0 Å². The summed E-state index contributed by atoms with van der Waals surface area (Å²) in [6.45, 7) is 3.83. The molecule has 0 bridgehead atoms. The van der Waals surface area contributed by atoms with Crippen molar-refractivity contribution < 1.29 is 15.0 Å². The minimum atomic E-state index is -1.05. The van der Waals surface area contributed by atoms with Crippen LogP contribution in [0.4, 0.5) is 0 Å². The van der Waals surface area contributed by atoms with Crippen LogP contribution < -0.4 is 5.32 Å². The van der Waals surface area contributed by atoms with Crippen LogP contribution in [0.1, 0.15) is 12.5 Å². The van der Waals surface area contributed by atoms with E-state index >= 15 is 0 Å². The summed E-state index contributed by atoms with van der Waals surface area (Å²) in [7, 11) is 0. The molecular weight excluding hydrogens is 244 g/mol. The number of piperazine rings is 1. The van der Waals surface area contributed by atoms with Crippen molar-refractivity contribution in [2.75, 3.05) is 26.2 Å². The first-order valence-corrected chi connectivity index (χ1v) is 6.46. The predicted molar refractivity (Wildman–Crippen MR) is 71.9 cm³/mol. The number of aliphatic carboxylic acids is 1. The zero-order valence-electron chi connectivity index (χ0n) is 11.0. The molecular formula is C14H20N2O3. The van der Waals surface area contributed by atoms with Gasteiger partial charge in [-0.2, -0.15) is 0 Å². The highest BCUT2D eigenvalue weighted by Gasteiger charge is 2.34. The molecule has 0 saturated carbocycles. The van der Waals surface area contributed by atoms with E-state index in [-0.39, 0.29) is 0 Å². The summed E-state index contributed by atoms with van der Waals surface area (Å²) in [6.07, 6.45) is 0. The molecule has 1 saturated heterocycles. The lowest BCUT2D eigenvalue weighted by Gasteiger charge is -2.38. The summed E-state index contributed by atoms with van der Waals surface area (Å²) in [5.41, 5.74) is -0.246. The molecule has 5 heteroatoms. The van der Waals surface area contributed by atoms with Crippen molar-refractivity contribution in [2.45, 2.75) is 18.6 Å². The van der Waals surface area contributed by atoms with Crippen LogP contribution >= 0.6 is 0 Å². The highest BCUT2D eigenvalue weighted by atomic mass is 16.4. The standard InChI is InChI=1S/C14H20N2O3/c1-14(19,11-5-3-2-4-6-11)10-16-8-7-15-9-12(16)13(17)18/h2-6,12,15,19H,7-10H2,1H3,(H,17,18). The van der Waals surface area contributed by atoms with Crippen LogP contribution in [-0.4, -0.2) is 53.3 Å². The first kappa shape index (κ1) is 14.0. The van der Waals surface area contributed by atoms with E-state index in [2.05, 4.69) is 5.32 Å². The number of benzene rings is 1. The molecule has 0 aromatic heterocycles. The fourth-order valence-electron chi connectivity index (χ4n) is 2.46. The quantitative estimate of drug-likeness (QED) is 0.727. The van der Waals surface area contributed by atoms with Crippen LogP contribution in [0.3, 0.4) is 0 Å². The van der Waals surface area contributed by atoms with Crippen LogP contribution in [-0.2, 0) is 10.4 Å². The Hall–Kier alpha value is -1.43. The first-order chi connectivity index (χ1) is 9.00. The molecule has 0 amide bonds. The van der Waals surface area contributed by atoms with Crippen molar-refractivity contribution in [1.82, 2.24) is 10.2 Å². The SMILES string of the molecule is CC(O)(CN1CCNCC1C(=O)O)c1ccccc1. The van der Waals surface area contributed by atoms with Crippen molar-refractivity contribution in [3.63, 3.8) is 0 Å². The fourth-order valence-corrected chi connectivity index (χ4v) is 2.46. The Morgan fingerprint density at radius 1 is 1.47 bits per heavy atom. The minimum Gasteiger partial charge on any atom is -0.480 e. The summed E-state index contributed by atoms with van der Waals surface area (Å²) in [6, 6.07) is 8.77. The number of carboxylic acid groups (broad SMARTS) is 1. The van der Waals surface area contributed by atoms with Crippen molar-refractivity contribution >= 4 is 5.97 Å². The zero-order valence-corrected chi connectivity index (χ0v) is 11.0. The molecule has 2 atom stereocenters. The molecule has 1 fully saturated rings. The largest absolute Gasteiger partial charge is 0.480 e. The van der Waals surface area contributed by atoms with Crippen LogP contribution in [0.5, 0.6) is 0 Å². The van der Waals surface area contributed by atoms with E-state index in [4.69, 9.17) is 0 Å². The maximum Gasteiger partial charge on any atom is 0.322 e. The van der Waals surface area contributed by atoms with Crippen molar-refractivity contribution in [2.24, 2.45) is 0 Å². The van der Waals surface area contributed by atoms with Crippen molar-refractivity contribution in [3.8, 4) is 0 Å². The molecule has 2 rings (SSSR count). The Balaban J connectivity index is 2.12. The van der Waals surface area contributed by atoms with E-state index in [9.17, 15) is 15.0 Å². The summed E-state index contributed by atoms with van der Waals surface area (Å²) in [5, 5.41) is 22.9. The smallest absolute Gasteiger partial charge is 0.322 e. The van der Waals surface area contributed by atoms with E-state index in [1.807, 2.05) is 35.2 Å². The Morgan fingerprint density at radius 2 is 2.16 bits per heavy atom. The third kappa shape index (κ3) is 3.32. The Labute approximate surface area is 112 Å². The molecule has 0 spiro atoms. The van der Waals surface area contributed by atoms with Crippen LogP contribution in [0.15, 0.2) is 30.3 Å². The predicted octanol–water partition coefficient (Wildman–Crippen LogP) is 0.253. The van der Waals surface area contributed by atoms with E-state index in [0.29, 0.717) is 19.6 Å². The molecule has 1 aliphatic rings. The van der Waals surface area contributed by atoms with Gasteiger partial charge in [-0.15, -0.1) is 0 Å². The molecule has 3 N–H and O–H groups in total. The highest BCUT2D eigenvalue weighted by molar-refractivity contribution is 5.74. The Bertz CT molecular complexity index is 434. The van der Waals surface area contributed by atoms with Gasteiger partial charge in [-0.25, -0.2) is 0 Å². The van der Waals surface area contributed by atoms with Gasteiger partial charge in [0.1, 0.15) is 6.04 Å². The second-order valence-corrected chi connectivity index (χ2v) is 5.17. The fraction of sp³-hybridized carbons (Fsp3) is 0.500. The monoisotopic (exact) mass is 264 g/mol. The lowest BCUT2D eigenvalue weighted by Crippen LogP contribution is -2.57. The highest BCUT2D eigenvalue weighted by Crippen LogP contribution is 2.23.